The Kier molecular flexibility index (Phi) is 9.06. The Morgan fingerprint density at radius 3 is 2.00 bits per heavy atom. The number of hydrogen-bond acceptors (Lipinski definition) is 5. The fourth-order valence-corrected chi connectivity index (χ4v) is 3.41. The van der Waals surface area contributed by atoms with Crippen molar-refractivity contribution < 1.29 is 23.9 Å². The number of rotatable bonds is 8. The molecule has 2 atom stereocenters. The molecule has 0 aliphatic rings. The Bertz CT molecular complexity index is 968. The Balaban J connectivity index is 2.34. The van der Waals surface area contributed by atoms with Crippen LogP contribution in [0.25, 0.3) is 0 Å². The van der Waals surface area contributed by atoms with Crippen molar-refractivity contribution in [1.29, 1.82) is 0 Å². The van der Waals surface area contributed by atoms with Crippen LogP contribution < -0.4 is 15.4 Å². The van der Waals surface area contributed by atoms with Crippen molar-refractivity contribution >= 4 is 23.6 Å². The van der Waals surface area contributed by atoms with Crippen molar-refractivity contribution in [3.63, 3.8) is 0 Å². The van der Waals surface area contributed by atoms with E-state index in [1.165, 1.54) is 4.90 Å². The molecule has 2 N–H and O–H groups in total. The molecule has 0 fully saturated rings. The van der Waals surface area contributed by atoms with Crippen molar-refractivity contribution in [2.45, 2.75) is 65.3 Å². The number of nitrogens with one attached hydrogen (secondary N) is 2. The molecule has 8 heteroatoms. The molecule has 2 rings (SSSR count). The summed E-state index contributed by atoms with van der Waals surface area (Å²) in [5, 5.41) is 5.47. The lowest BCUT2D eigenvalue weighted by Crippen LogP contribution is -2.53. The molecule has 0 aliphatic carbocycles. The molecule has 0 saturated heterocycles. The maximum atomic E-state index is 13.5. The molecule has 2 aromatic rings. The van der Waals surface area contributed by atoms with Crippen LogP contribution in [0.5, 0.6) is 5.75 Å². The van der Waals surface area contributed by atoms with Gasteiger partial charge in [-0.3, -0.25) is 9.59 Å². The summed E-state index contributed by atoms with van der Waals surface area (Å²) in [7, 11) is 1.57. The van der Waals surface area contributed by atoms with E-state index < -0.39 is 29.7 Å². The summed E-state index contributed by atoms with van der Waals surface area (Å²) in [6.45, 7) is 10.5. The highest BCUT2D eigenvalue weighted by Crippen LogP contribution is 2.27. The van der Waals surface area contributed by atoms with Gasteiger partial charge in [-0.25, -0.2) is 4.79 Å². The first kappa shape index (κ1) is 26.7. The van der Waals surface area contributed by atoms with E-state index in [1.807, 2.05) is 32.0 Å². The van der Waals surface area contributed by atoms with Gasteiger partial charge in [-0.1, -0.05) is 30.3 Å². The van der Waals surface area contributed by atoms with E-state index in [0.29, 0.717) is 17.0 Å². The van der Waals surface area contributed by atoms with Crippen molar-refractivity contribution in [3.05, 3.63) is 60.2 Å². The molecule has 3 amide bonds. The molecule has 0 heterocycles. The average Bonchev–Trinajstić information content (AvgIpc) is 2.76. The number of hydrogen-bond donors (Lipinski definition) is 2. The Labute approximate surface area is 201 Å². The van der Waals surface area contributed by atoms with Gasteiger partial charge in [0.1, 0.15) is 23.4 Å². The van der Waals surface area contributed by atoms with Gasteiger partial charge in [-0.15, -0.1) is 0 Å². The zero-order valence-corrected chi connectivity index (χ0v) is 20.9. The third kappa shape index (κ3) is 7.50. The second kappa shape index (κ2) is 11.5. The molecular formula is C26H35N3O5. The SMILES string of the molecule is COc1ccc(NC(=O)C(c2ccccc2)N(C(=O)C(C)NC(=O)OC(C)(C)C)C(C)C)cc1. The first-order valence-electron chi connectivity index (χ1n) is 11.2. The molecule has 0 aliphatic heterocycles. The first-order valence-corrected chi connectivity index (χ1v) is 11.2. The van der Waals surface area contributed by atoms with E-state index in [2.05, 4.69) is 10.6 Å². The number of carbonyl (C=O) groups is 3. The summed E-state index contributed by atoms with van der Waals surface area (Å²) in [5.41, 5.74) is 0.526. The normalized spacial score (nSPS) is 12.9. The van der Waals surface area contributed by atoms with Crippen LogP contribution in [-0.4, -0.2) is 47.6 Å². The van der Waals surface area contributed by atoms with Crippen LogP contribution in [0.4, 0.5) is 10.5 Å². The second-order valence-electron chi connectivity index (χ2n) is 9.24. The molecule has 8 nitrogen and oxygen atoms in total. The minimum atomic E-state index is -0.918. The van der Waals surface area contributed by atoms with E-state index in [1.54, 1.807) is 71.2 Å². The van der Waals surface area contributed by atoms with Gasteiger partial charge in [0, 0.05) is 11.7 Å². The summed E-state index contributed by atoms with van der Waals surface area (Å²) in [5.74, 6) is -0.110. The first-order chi connectivity index (χ1) is 15.9. The minimum Gasteiger partial charge on any atom is -0.497 e. The highest BCUT2D eigenvalue weighted by atomic mass is 16.6. The Morgan fingerprint density at radius 2 is 1.50 bits per heavy atom. The van der Waals surface area contributed by atoms with Gasteiger partial charge < -0.3 is 25.0 Å². The number of carbonyl (C=O) groups excluding carboxylic acids is 3. The fraction of sp³-hybridized carbons (Fsp3) is 0.423. The summed E-state index contributed by atoms with van der Waals surface area (Å²) in [6.07, 6.45) is -0.698. The van der Waals surface area contributed by atoms with Gasteiger partial charge in [0.2, 0.25) is 5.91 Å². The van der Waals surface area contributed by atoms with E-state index in [4.69, 9.17) is 9.47 Å². The summed E-state index contributed by atoms with van der Waals surface area (Å²) in [6, 6.07) is 13.9. The van der Waals surface area contributed by atoms with Gasteiger partial charge in [0.25, 0.3) is 5.91 Å². The number of ether oxygens (including phenoxy) is 2. The lowest BCUT2D eigenvalue weighted by Gasteiger charge is -2.36. The van der Waals surface area contributed by atoms with E-state index in [0.717, 1.165) is 0 Å². The Morgan fingerprint density at radius 1 is 0.912 bits per heavy atom. The van der Waals surface area contributed by atoms with Crippen LogP contribution in [0.1, 0.15) is 53.1 Å². The van der Waals surface area contributed by atoms with Gasteiger partial charge >= 0.3 is 6.09 Å². The van der Waals surface area contributed by atoms with Crippen molar-refractivity contribution in [1.82, 2.24) is 10.2 Å². The second-order valence-corrected chi connectivity index (χ2v) is 9.24. The van der Waals surface area contributed by atoms with Crippen LogP contribution in [-0.2, 0) is 14.3 Å². The zero-order chi connectivity index (χ0) is 25.5. The van der Waals surface area contributed by atoms with E-state index in [9.17, 15) is 14.4 Å². The van der Waals surface area contributed by atoms with Crippen LogP contribution in [0.3, 0.4) is 0 Å². The number of benzene rings is 2. The maximum Gasteiger partial charge on any atom is 0.408 e. The van der Waals surface area contributed by atoms with Gasteiger partial charge in [0.15, 0.2) is 0 Å². The highest BCUT2D eigenvalue weighted by Gasteiger charge is 2.36. The largest absolute Gasteiger partial charge is 0.497 e. The predicted molar refractivity (Wildman–Crippen MR) is 132 cm³/mol. The van der Waals surface area contributed by atoms with Crippen molar-refractivity contribution in [2.24, 2.45) is 0 Å². The minimum absolute atomic E-state index is 0.331. The lowest BCUT2D eigenvalue weighted by molar-refractivity contribution is -0.142. The topological polar surface area (TPSA) is 97.0 Å². The molecular weight excluding hydrogens is 434 g/mol. The van der Waals surface area contributed by atoms with Crippen LogP contribution in [0.2, 0.25) is 0 Å². The highest BCUT2D eigenvalue weighted by molar-refractivity contribution is 5.99. The van der Waals surface area contributed by atoms with Crippen molar-refractivity contribution in [3.8, 4) is 5.75 Å². The van der Waals surface area contributed by atoms with E-state index in [-0.39, 0.29) is 11.9 Å². The third-order valence-electron chi connectivity index (χ3n) is 4.91. The molecule has 34 heavy (non-hydrogen) atoms. The predicted octanol–water partition coefficient (Wildman–Crippen LogP) is 4.53. The van der Waals surface area contributed by atoms with Gasteiger partial charge in [0.05, 0.1) is 7.11 Å². The monoisotopic (exact) mass is 469 g/mol. The molecule has 0 radical (unpaired) electrons. The third-order valence-corrected chi connectivity index (χ3v) is 4.91. The average molecular weight is 470 g/mol. The fourth-order valence-electron chi connectivity index (χ4n) is 3.41. The summed E-state index contributed by atoms with van der Waals surface area (Å²) >= 11 is 0. The zero-order valence-electron chi connectivity index (χ0n) is 20.9. The number of alkyl carbamates (subject to hydrolysis) is 1. The van der Waals surface area contributed by atoms with Crippen LogP contribution in [0.15, 0.2) is 54.6 Å². The molecule has 0 bridgehead atoms. The molecule has 184 valence electrons. The quantitative estimate of drug-likeness (QED) is 0.592. The lowest BCUT2D eigenvalue weighted by atomic mass is 10.0. The van der Waals surface area contributed by atoms with Crippen LogP contribution in [0, 0.1) is 0 Å². The number of anilines is 1. The Hall–Kier alpha value is -3.55. The number of methoxy groups -OCH3 is 1. The molecule has 0 aromatic heterocycles. The maximum absolute atomic E-state index is 13.5. The molecule has 0 saturated carbocycles. The molecule has 2 aromatic carbocycles. The number of nitrogens with zero attached hydrogens (tertiary/aromatic N) is 1. The van der Waals surface area contributed by atoms with Crippen molar-refractivity contribution in [2.75, 3.05) is 12.4 Å². The van der Waals surface area contributed by atoms with Gasteiger partial charge in [-0.2, -0.15) is 0 Å². The molecule has 2 unspecified atom stereocenters. The molecule has 0 spiro atoms. The number of amides is 3. The standard InChI is InChI=1S/C26H35N3O5/c1-17(2)29(24(31)18(3)27-25(32)34-26(4,5)6)22(19-11-9-8-10-12-19)23(30)28-20-13-15-21(33-7)16-14-20/h8-18,22H,1-7H3,(H,27,32)(H,28,30). The summed E-state index contributed by atoms with van der Waals surface area (Å²) in [4.78, 5) is 40.7. The van der Waals surface area contributed by atoms with Gasteiger partial charge in [-0.05, 0) is 71.4 Å². The smallest absolute Gasteiger partial charge is 0.408 e. The van der Waals surface area contributed by atoms with E-state index >= 15 is 0 Å². The summed E-state index contributed by atoms with van der Waals surface area (Å²) < 4.78 is 10.4. The van der Waals surface area contributed by atoms with Crippen LogP contribution >= 0.6 is 0 Å².